The minimum atomic E-state index is -4.57. The van der Waals surface area contributed by atoms with Crippen LogP contribution in [-0.2, 0) is 17.4 Å². The number of aromatic nitrogens is 2. The molecule has 0 saturated heterocycles. The smallest absolute Gasteiger partial charge is 0.367 e. The van der Waals surface area contributed by atoms with Gasteiger partial charge < -0.3 is 21.3 Å². The van der Waals surface area contributed by atoms with Crippen LogP contribution in [0.2, 0.25) is 0 Å². The van der Waals surface area contributed by atoms with Gasteiger partial charge in [-0.05, 0) is 49.8 Å². The Balaban J connectivity index is 1.58. The van der Waals surface area contributed by atoms with Gasteiger partial charge in [0, 0.05) is 43.1 Å². The van der Waals surface area contributed by atoms with Crippen LogP contribution in [-0.4, -0.2) is 34.5 Å². The monoisotopic (exact) mass is 434 g/mol. The first-order valence-corrected chi connectivity index (χ1v) is 10.3. The molecular weight excluding hydrogens is 409 g/mol. The highest BCUT2D eigenvalue weighted by atomic mass is 19.4. The summed E-state index contributed by atoms with van der Waals surface area (Å²) < 4.78 is 40.5. The molecule has 1 aliphatic carbocycles. The van der Waals surface area contributed by atoms with E-state index in [1.165, 1.54) is 6.92 Å². The van der Waals surface area contributed by atoms with E-state index in [-0.39, 0.29) is 29.8 Å². The van der Waals surface area contributed by atoms with E-state index >= 15 is 0 Å². The van der Waals surface area contributed by atoms with E-state index in [2.05, 4.69) is 20.6 Å². The molecule has 10 heteroatoms. The first kappa shape index (κ1) is 21.4. The first-order valence-electron chi connectivity index (χ1n) is 10.3. The van der Waals surface area contributed by atoms with Crippen molar-refractivity contribution < 1.29 is 18.0 Å². The quantitative estimate of drug-likeness (QED) is 0.677. The van der Waals surface area contributed by atoms with Crippen LogP contribution in [0, 0.1) is 0 Å². The van der Waals surface area contributed by atoms with Crippen LogP contribution in [0.1, 0.15) is 43.7 Å². The Hall–Kier alpha value is -2.88. The summed E-state index contributed by atoms with van der Waals surface area (Å²) in [5.74, 6) is -0.243. The van der Waals surface area contributed by atoms with Gasteiger partial charge in [0.25, 0.3) is 0 Å². The van der Waals surface area contributed by atoms with E-state index in [9.17, 15) is 18.0 Å². The minimum absolute atomic E-state index is 0.0512. The number of nitrogens with one attached hydrogen (secondary N) is 2. The molecule has 166 valence electrons. The summed E-state index contributed by atoms with van der Waals surface area (Å²) in [7, 11) is 0. The number of nitrogens with two attached hydrogens (primary N) is 1. The number of rotatable bonds is 4. The van der Waals surface area contributed by atoms with Crippen LogP contribution in [0.5, 0.6) is 0 Å². The maximum Gasteiger partial charge on any atom is 0.421 e. The molecule has 2 aromatic rings. The molecule has 1 saturated carbocycles. The number of hydrogen-bond acceptors (Lipinski definition) is 6. The van der Waals surface area contributed by atoms with E-state index in [0.717, 1.165) is 36.7 Å². The van der Waals surface area contributed by atoms with Crippen molar-refractivity contribution in [1.29, 1.82) is 0 Å². The van der Waals surface area contributed by atoms with Crippen LogP contribution in [0.25, 0.3) is 0 Å². The van der Waals surface area contributed by atoms with Gasteiger partial charge in [-0.2, -0.15) is 18.2 Å². The lowest BCUT2D eigenvalue weighted by atomic mass is 9.92. The summed E-state index contributed by atoms with van der Waals surface area (Å²) >= 11 is 0. The molecule has 7 nitrogen and oxygen atoms in total. The second kappa shape index (κ2) is 8.33. The zero-order valence-electron chi connectivity index (χ0n) is 17.2. The number of benzene rings is 1. The molecule has 4 rings (SSSR count). The van der Waals surface area contributed by atoms with Gasteiger partial charge >= 0.3 is 6.18 Å². The Kier molecular flexibility index (Phi) is 5.74. The van der Waals surface area contributed by atoms with Gasteiger partial charge in [0.05, 0.1) is 0 Å². The highest BCUT2D eigenvalue weighted by molar-refractivity contribution is 5.94. The van der Waals surface area contributed by atoms with Gasteiger partial charge in [-0.15, -0.1) is 0 Å². The number of anilines is 4. The zero-order chi connectivity index (χ0) is 22.2. The Labute approximate surface area is 178 Å². The van der Waals surface area contributed by atoms with Crippen molar-refractivity contribution in [3.05, 3.63) is 35.5 Å². The topological polar surface area (TPSA) is 96.2 Å². The molecule has 4 N–H and O–H groups in total. The molecule has 0 radical (unpaired) electrons. The van der Waals surface area contributed by atoms with Crippen molar-refractivity contribution in [2.75, 3.05) is 22.1 Å². The third kappa shape index (κ3) is 4.73. The Bertz CT molecular complexity index is 972. The lowest BCUT2D eigenvalue weighted by Gasteiger charge is -2.28. The summed E-state index contributed by atoms with van der Waals surface area (Å²) in [6.45, 7) is 2.12. The average molecular weight is 434 g/mol. The van der Waals surface area contributed by atoms with Crippen LogP contribution >= 0.6 is 0 Å². The molecule has 0 spiro atoms. The van der Waals surface area contributed by atoms with Gasteiger partial charge in [0.15, 0.2) is 0 Å². The number of amides is 1. The Morgan fingerprint density at radius 2 is 1.97 bits per heavy atom. The van der Waals surface area contributed by atoms with E-state index < -0.39 is 11.7 Å². The number of hydrogen-bond donors (Lipinski definition) is 3. The molecule has 2 aliphatic rings. The van der Waals surface area contributed by atoms with E-state index in [1.54, 1.807) is 17.0 Å². The molecular formula is C21H25F3N6O. The van der Waals surface area contributed by atoms with Crippen LogP contribution in [0.4, 0.5) is 36.3 Å². The van der Waals surface area contributed by atoms with Crippen molar-refractivity contribution in [3.63, 3.8) is 0 Å². The fraction of sp³-hybridized carbons (Fsp3) is 0.476. The Morgan fingerprint density at radius 1 is 1.23 bits per heavy atom. The number of carbonyl (C=O) groups excluding carboxylic acids is 1. The van der Waals surface area contributed by atoms with Crippen LogP contribution in [0.3, 0.4) is 0 Å². The predicted octanol–water partition coefficient (Wildman–Crippen LogP) is 3.83. The molecule has 0 atom stereocenters. The van der Waals surface area contributed by atoms with E-state index in [0.29, 0.717) is 25.1 Å². The summed E-state index contributed by atoms with van der Waals surface area (Å²) in [4.78, 5) is 21.5. The van der Waals surface area contributed by atoms with Gasteiger partial charge in [-0.3, -0.25) is 4.79 Å². The van der Waals surface area contributed by atoms with Gasteiger partial charge in [0.2, 0.25) is 11.9 Å². The van der Waals surface area contributed by atoms with Crippen LogP contribution in [0.15, 0.2) is 24.4 Å². The zero-order valence-corrected chi connectivity index (χ0v) is 17.2. The second-order valence-electron chi connectivity index (χ2n) is 8.10. The first-order chi connectivity index (χ1) is 14.7. The number of carbonyl (C=O) groups is 1. The number of alkyl halides is 3. The van der Waals surface area contributed by atoms with Crippen molar-refractivity contribution in [2.45, 2.75) is 57.3 Å². The molecule has 2 heterocycles. The second-order valence-corrected chi connectivity index (χ2v) is 8.10. The lowest BCUT2D eigenvalue weighted by molar-refractivity contribution is -0.137. The minimum Gasteiger partial charge on any atom is -0.367 e. The van der Waals surface area contributed by atoms with Gasteiger partial charge in [-0.25, -0.2) is 4.98 Å². The third-order valence-corrected chi connectivity index (χ3v) is 5.82. The molecule has 1 aromatic heterocycles. The number of halogens is 3. The van der Waals surface area contributed by atoms with Crippen LogP contribution < -0.4 is 21.3 Å². The molecule has 0 bridgehead atoms. The molecule has 31 heavy (non-hydrogen) atoms. The molecule has 1 fully saturated rings. The summed E-state index contributed by atoms with van der Waals surface area (Å²) in [6, 6.07) is 5.47. The van der Waals surface area contributed by atoms with Gasteiger partial charge in [-0.1, -0.05) is 6.07 Å². The van der Waals surface area contributed by atoms with E-state index in [4.69, 9.17) is 5.73 Å². The average Bonchev–Trinajstić information content (AvgIpc) is 3.12. The number of nitrogens with zero attached hydrogens (tertiary/aromatic N) is 3. The normalized spacial score (nSPS) is 21.0. The number of fused-ring (bicyclic) bond motifs is 1. The fourth-order valence-electron chi connectivity index (χ4n) is 4.13. The highest BCUT2D eigenvalue weighted by Gasteiger charge is 2.36. The largest absolute Gasteiger partial charge is 0.421 e. The molecule has 1 aliphatic heterocycles. The fourth-order valence-corrected chi connectivity index (χ4v) is 4.13. The summed E-state index contributed by atoms with van der Waals surface area (Å²) in [6.07, 6.45) is -0.101. The molecule has 1 aromatic carbocycles. The maximum absolute atomic E-state index is 13.5. The SMILES string of the molecule is CC(=O)N1CCc2ccc(Nc3ncc(C(F)(F)F)c(NC4CCC(N)CC4)n3)cc21. The van der Waals surface area contributed by atoms with Crippen molar-refractivity contribution in [2.24, 2.45) is 5.73 Å². The van der Waals surface area contributed by atoms with E-state index in [1.807, 2.05) is 6.07 Å². The predicted molar refractivity (Wildman–Crippen MR) is 112 cm³/mol. The molecule has 0 unspecified atom stereocenters. The maximum atomic E-state index is 13.5. The van der Waals surface area contributed by atoms with Crippen molar-refractivity contribution in [1.82, 2.24) is 9.97 Å². The summed E-state index contributed by atoms with van der Waals surface area (Å²) in [5.41, 5.74) is 7.44. The molecule has 1 amide bonds. The standard InChI is InChI=1S/C21H25F3N6O/c1-12(31)30-9-8-13-2-5-16(10-18(13)30)28-20-26-11-17(21(22,23)24)19(29-20)27-15-6-3-14(25)4-7-15/h2,5,10-11,14-15H,3-4,6-9,25H2,1H3,(H2,26,27,28,29). The summed E-state index contributed by atoms with van der Waals surface area (Å²) in [5, 5.41) is 5.92. The van der Waals surface area contributed by atoms with Gasteiger partial charge in [0.1, 0.15) is 11.4 Å². The van der Waals surface area contributed by atoms with Crippen molar-refractivity contribution >= 4 is 29.0 Å². The third-order valence-electron chi connectivity index (χ3n) is 5.82. The Morgan fingerprint density at radius 3 is 2.65 bits per heavy atom. The highest BCUT2D eigenvalue weighted by Crippen LogP contribution is 2.36. The van der Waals surface area contributed by atoms with Crippen molar-refractivity contribution in [3.8, 4) is 0 Å². The lowest BCUT2D eigenvalue weighted by Crippen LogP contribution is -2.33.